The van der Waals surface area contributed by atoms with Gasteiger partial charge in [0.1, 0.15) is 0 Å². The van der Waals surface area contributed by atoms with Crippen LogP contribution < -0.4 is 5.32 Å². The number of thioether (sulfide) groups is 1. The molecule has 2 aromatic rings. The summed E-state index contributed by atoms with van der Waals surface area (Å²) in [6, 6.07) is 6.24. The van der Waals surface area contributed by atoms with Crippen LogP contribution in [0.3, 0.4) is 0 Å². The number of nitrogens with zero attached hydrogens (tertiary/aromatic N) is 2. The zero-order valence-corrected chi connectivity index (χ0v) is 18.3. The van der Waals surface area contributed by atoms with Crippen molar-refractivity contribution in [2.75, 3.05) is 29.9 Å². The zero-order valence-electron chi connectivity index (χ0n) is 16.7. The second-order valence-electron chi connectivity index (χ2n) is 7.44. The van der Waals surface area contributed by atoms with Crippen molar-refractivity contribution in [2.45, 2.75) is 33.6 Å². The average molecular weight is 418 g/mol. The fourth-order valence-corrected chi connectivity index (χ4v) is 4.55. The van der Waals surface area contributed by atoms with Crippen LogP contribution in [0.4, 0.5) is 5.13 Å². The standard InChI is InChI=1S/C21H27N3O2S2/c1-14-6-8-24(9-7-14)20(26)13-27-12-19(25)23-21-22-18(11-28-21)17-5-4-15(2)16(3)10-17/h4-5,10-11,14H,6-9,12-13H2,1-3H3,(H,22,23,25). The van der Waals surface area contributed by atoms with Crippen LogP contribution in [0.15, 0.2) is 23.6 Å². The Morgan fingerprint density at radius 1 is 1.21 bits per heavy atom. The van der Waals surface area contributed by atoms with Gasteiger partial charge in [-0.2, -0.15) is 0 Å². The molecule has 1 aromatic carbocycles. The number of thiazole rings is 1. The van der Waals surface area contributed by atoms with Crippen LogP contribution in [0.2, 0.25) is 0 Å². The maximum Gasteiger partial charge on any atom is 0.236 e. The number of carbonyl (C=O) groups is 2. The maximum absolute atomic E-state index is 12.2. The first-order valence-electron chi connectivity index (χ1n) is 9.61. The van der Waals surface area contributed by atoms with Crippen molar-refractivity contribution in [2.24, 2.45) is 5.92 Å². The van der Waals surface area contributed by atoms with Crippen molar-refractivity contribution in [1.82, 2.24) is 9.88 Å². The fraction of sp³-hybridized carbons (Fsp3) is 0.476. The predicted octanol–water partition coefficient (Wildman–Crippen LogP) is 4.36. The van der Waals surface area contributed by atoms with Gasteiger partial charge in [0.15, 0.2) is 5.13 Å². The molecule has 7 heteroatoms. The van der Waals surface area contributed by atoms with E-state index in [2.05, 4.69) is 43.2 Å². The van der Waals surface area contributed by atoms with E-state index >= 15 is 0 Å². The van der Waals surface area contributed by atoms with Gasteiger partial charge in [0.25, 0.3) is 0 Å². The summed E-state index contributed by atoms with van der Waals surface area (Å²) >= 11 is 2.78. The molecule has 0 radical (unpaired) electrons. The smallest absolute Gasteiger partial charge is 0.236 e. The SMILES string of the molecule is Cc1ccc(-c2csc(NC(=O)CSCC(=O)N3CCC(C)CC3)n2)cc1C. The van der Waals surface area contributed by atoms with E-state index in [1.807, 2.05) is 16.3 Å². The van der Waals surface area contributed by atoms with Crippen LogP contribution in [0.25, 0.3) is 11.3 Å². The monoisotopic (exact) mass is 417 g/mol. The van der Waals surface area contributed by atoms with Gasteiger partial charge in [0.05, 0.1) is 17.2 Å². The third-order valence-corrected chi connectivity index (χ3v) is 6.82. The number of rotatable bonds is 6. The van der Waals surface area contributed by atoms with Crippen molar-refractivity contribution in [3.8, 4) is 11.3 Å². The molecule has 2 amide bonds. The Hall–Kier alpha value is -1.86. The van der Waals surface area contributed by atoms with E-state index in [0.29, 0.717) is 16.8 Å². The van der Waals surface area contributed by atoms with Crippen molar-refractivity contribution < 1.29 is 9.59 Å². The van der Waals surface area contributed by atoms with Gasteiger partial charge in [0.2, 0.25) is 11.8 Å². The third kappa shape index (κ3) is 5.58. The Kier molecular flexibility index (Phi) is 7.13. The Balaban J connectivity index is 1.44. The van der Waals surface area contributed by atoms with Crippen LogP contribution in [-0.2, 0) is 9.59 Å². The molecule has 1 N–H and O–H groups in total. The number of nitrogens with one attached hydrogen (secondary N) is 1. The molecular weight excluding hydrogens is 390 g/mol. The van der Waals surface area contributed by atoms with Crippen LogP contribution in [0.5, 0.6) is 0 Å². The third-order valence-electron chi connectivity index (χ3n) is 5.15. The van der Waals surface area contributed by atoms with Crippen molar-refractivity contribution >= 4 is 40.0 Å². The van der Waals surface area contributed by atoms with Crippen LogP contribution in [-0.4, -0.2) is 46.3 Å². The summed E-state index contributed by atoms with van der Waals surface area (Å²) in [5.74, 6) is 1.33. The summed E-state index contributed by atoms with van der Waals surface area (Å²) in [5.41, 5.74) is 4.39. The minimum absolute atomic E-state index is 0.119. The van der Waals surface area contributed by atoms with E-state index in [1.165, 1.54) is 34.2 Å². The van der Waals surface area contributed by atoms with Crippen LogP contribution >= 0.6 is 23.1 Å². The molecule has 2 heterocycles. The van der Waals surface area contributed by atoms with E-state index in [4.69, 9.17) is 0 Å². The highest BCUT2D eigenvalue weighted by Gasteiger charge is 2.20. The van der Waals surface area contributed by atoms with Crippen molar-refractivity contribution in [3.63, 3.8) is 0 Å². The summed E-state index contributed by atoms with van der Waals surface area (Å²) in [6.45, 7) is 8.07. The van der Waals surface area contributed by atoms with Gasteiger partial charge in [-0.25, -0.2) is 4.98 Å². The molecule has 0 atom stereocenters. The number of aromatic nitrogens is 1. The molecule has 150 valence electrons. The number of amides is 2. The molecule has 1 aliphatic heterocycles. The number of anilines is 1. The van der Waals surface area contributed by atoms with Gasteiger partial charge < -0.3 is 10.2 Å². The first-order valence-corrected chi connectivity index (χ1v) is 11.6. The highest BCUT2D eigenvalue weighted by atomic mass is 32.2. The van der Waals surface area contributed by atoms with Gasteiger partial charge in [-0.05, 0) is 49.8 Å². The van der Waals surface area contributed by atoms with E-state index in [0.717, 1.165) is 37.2 Å². The number of aryl methyl sites for hydroxylation is 2. The normalized spacial score (nSPS) is 14.9. The second-order valence-corrected chi connectivity index (χ2v) is 9.28. The summed E-state index contributed by atoms with van der Waals surface area (Å²) in [7, 11) is 0. The molecule has 1 fully saturated rings. The Bertz CT molecular complexity index is 842. The lowest BCUT2D eigenvalue weighted by molar-refractivity contribution is -0.129. The number of benzene rings is 1. The molecule has 0 unspecified atom stereocenters. The molecule has 0 bridgehead atoms. The number of carbonyl (C=O) groups excluding carboxylic acids is 2. The highest BCUT2D eigenvalue weighted by Crippen LogP contribution is 2.26. The van der Waals surface area contributed by atoms with E-state index in [-0.39, 0.29) is 17.6 Å². The van der Waals surface area contributed by atoms with Gasteiger partial charge in [-0.15, -0.1) is 23.1 Å². The van der Waals surface area contributed by atoms with Gasteiger partial charge in [-0.1, -0.05) is 19.1 Å². The van der Waals surface area contributed by atoms with E-state index in [1.54, 1.807) is 0 Å². The lowest BCUT2D eigenvalue weighted by Gasteiger charge is -2.30. The maximum atomic E-state index is 12.2. The minimum atomic E-state index is -0.119. The summed E-state index contributed by atoms with van der Waals surface area (Å²) in [6.07, 6.45) is 2.15. The average Bonchev–Trinajstić information content (AvgIpc) is 3.12. The molecule has 0 aliphatic carbocycles. The van der Waals surface area contributed by atoms with E-state index in [9.17, 15) is 9.59 Å². The van der Waals surface area contributed by atoms with Crippen molar-refractivity contribution in [3.05, 3.63) is 34.7 Å². The van der Waals surface area contributed by atoms with Gasteiger partial charge >= 0.3 is 0 Å². The molecule has 1 aromatic heterocycles. The summed E-state index contributed by atoms with van der Waals surface area (Å²) in [4.78, 5) is 30.8. The number of piperidine rings is 1. The zero-order chi connectivity index (χ0) is 20.1. The minimum Gasteiger partial charge on any atom is -0.342 e. The van der Waals surface area contributed by atoms with Gasteiger partial charge in [-0.3, -0.25) is 9.59 Å². The quantitative estimate of drug-likeness (QED) is 0.759. The van der Waals surface area contributed by atoms with E-state index < -0.39 is 0 Å². The molecule has 28 heavy (non-hydrogen) atoms. The summed E-state index contributed by atoms with van der Waals surface area (Å²) in [5, 5.41) is 5.38. The number of hydrogen-bond acceptors (Lipinski definition) is 5. The van der Waals surface area contributed by atoms with Crippen LogP contribution in [0.1, 0.15) is 30.9 Å². The first-order chi connectivity index (χ1) is 13.4. The topological polar surface area (TPSA) is 62.3 Å². The number of hydrogen-bond donors (Lipinski definition) is 1. The Morgan fingerprint density at radius 3 is 2.68 bits per heavy atom. The summed E-state index contributed by atoms with van der Waals surface area (Å²) < 4.78 is 0. The lowest BCUT2D eigenvalue weighted by Crippen LogP contribution is -2.39. The highest BCUT2D eigenvalue weighted by molar-refractivity contribution is 8.00. The van der Waals surface area contributed by atoms with Gasteiger partial charge in [0, 0.05) is 24.0 Å². The number of likely N-dealkylation sites (tertiary alicyclic amines) is 1. The predicted molar refractivity (Wildman–Crippen MR) is 118 cm³/mol. The Labute approximate surface area is 174 Å². The molecule has 1 aliphatic rings. The van der Waals surface area contributed by atoms with Crippen LogP contribution in [0, 0.1) is 19.8 Å². The molecule has 0 saturated carbocycles. The lowest BCUT2D eigenvalue weighted by atomic mass is 9.99. The first kappa shape index (κ1) is 20.9. The molecule has 3 rings (SSSR count). The molecule has 5 nitrogen and oxygen atoms in total. The largest absolute Gasteiger partial charge is 0.342 e. The fourth-order valence-electron chi connectivity index (χ4n) is 3.10. The van der Waals surface area contributed by atoms with Crippen molar-refractivity contribution in [1.29, 1.82) is 0 Å². The Morgan fingerprint density at radius 2 is 1.96 bits per heavy atom. The second kappa shape index (κ2) is 9.56. The molecule has 0 spiro atoms. The molecule has 1 saturated heterocycles. The molecular formula is C21H27N3O2S2.